The first-order chi connectivity index (χ1) is 10.3. The van der Waals surface area contributed by atoms with Gasteiger partial charge in [-0.2, -0.15) is 0 Å². The van der Waals surface area contributed by atoms with Crippen molar-refractivity contribution in [2.24, 2.45) is 5.92 Å². The number of hydrogen-bond donors (Lipinski definition) is 2. The van der Waals surface area contributed by atoms with Crippen LogP contribution < -0.4 is 5.32 Å². The van der Waals surface area contributed by atoms with E-state index in [-0.39, 0.29) is 18.3 Å². The SMILES string of the molecule is CCOC(=O)/C(C=N)=C/NCC1CN(C(=O)OC(C)(C)C)C1. The number of amides is 1. The maximum Gasteiger partial charge on any atom is 0.410 e. The summed E-state index contributed by atoms with van der Waals surface area (Å²) in [5.41, 5.74) is -0.313. The maximum absolute atomic E-state index is 11.8. The molecule has 0 aromatic heterocycles. The number of carbonyl (C=O) groups is 2. The molecule has 22 heavy (non-hydrogen) atoms. The van der Waals surface area contributed by atoms with Crippen LogP contribution in [0.3, 0.4) is 0 Å². The highest BCUT2D eigenvalue weighted by atomic mass is 16.6. The van der Waals surface area contributed by atoms with Crippen molar-refractivity contribution in [1.29, 1.82) is 5.41 Å². The summed E-state index contributed by atoms with van der Waals surface area (Å²) in [6, 6.07) is 0. The Bertz CT molecular complexity index is 448. The van der Waals surface area contributed by atoms with Crippen LogP contribution in [-0.4, -0.2) is 55.0 Å². The minimum Gasteiger partial charge on any atom is -0.462 e. The number of ether oxygens (including phenoxy) is 2. The Morgan fingerprint density at radius 2 is 2.00 bits per heavy atom. The van der Waals surface area contributed by atoms with Crippen molar-refractivity contribution in [1.82, 2.24) is 10.2 Å². The second-order valence-electron chi connectivity index (χ2n) is 6.12. The highest BCUT2D eigenvalue weighted by molar-refractivity contribution is 6.08. The standard InChI is InChI=1S/C15H25N3O4/c1-5-21-13(19)12(6-16)8-17-7-11-9-18(10-11)14(20)22-15(2,3)4/h6,8,11,16-17H,5,7,9-10H2,1-4H3/b12-8+,16-6?. The lowest BCUT2D eigenvalue weighted by molar-refractivity contribution is -0.137. The molecule has 0 unspecified atom stereocenters. The highest BCUT2D eigenvalue weighted by Gasteiger charge is 2.33. The second kappa shape index (κ2) is 7.82. The monoisotopic (exact) mass is 311 g/mol. The zero-order chi connectivity index (χ0) is 16.8. The molecule has 1 saturated heterocycles. The molecule has 7 heteroatoms. The predicted molar refractivity (Wildman–Crippen MR) is 82.8 cm³/mol. The topological polar surface area (TPSA) is 91.7 Å². The lowest BCUT2D eigenvalue weighted by Crippen LogP contribution is -2.54. The van der Waals surface area contributed by atoms with E-state index in [1.54, 1.807) is 11.8 Å². The summed E-state index contributed by atoms with van der Waals surface area (Å²) in [5.74, 6) is -0.216. The molecule has 7 nitrogen and oxygen atoms in total. The van der Waals surface area contributed by atoms with E-state index < -0.39 is 11.6 Å². The molecule has 0 atom stereocenters. The number of nitrogens with zero attached hydrogens (tertiary/aromatic N) is 1. The van der Waals surface area contributed by atoms with E-state index in [2.05, 4.69) is 5.32 Å². The van der Waals surface area contributed by atoms with Crippen molar-refractivity contribution in [3.63, 3.8) is 0 Å². The van der Waals surface area contributed by atoms with Gasteiger partial charge in [-0.1, -0.05) is 0 Å². The van der Waals surface area contributed by atoms with Crippen LogP contribution in [0.2, 0.25) is 0 Å². The van der Waals surface area contributed by atoms with Gasteiger partial charge in [-0.15, -0.1) is 0 Å². The van der Waals surface area contributed by atoms with Gasteiger partial charge in [-0.25, -0.2) is 9.59 Å². The van der Waals surface area contributed by atoms with Crippen LogP contribution in [0.5, 0.6) is 0 Å². The van der Waals surface area contributed by atoms with E-state index in [1.165, 1.54) is 6.20 Å². The third-order valence-electron chi connectivity index (χ3n) is 2.94. The third-order valence-corrected chi connectivity index (χ3v) is 2.94. The first kappa shape index (κ1) is 18.0. The largest absolute Gasteiger partial charge is 0.462 e. The number of carbonyl (C=O) groups excluding carboxylic acids is 2. The lowest BCUT2D eigenvalue weighted by atomic mass is 10.0. The predicted octanol–water partition coefficient (Wildman–Crippen LogP) is 1.54. The molecule has 0 saturated carbocycles. The Morgan fingerprint density at radius 3 is 2.50 bits per heavy atom. The van der Waals surface area contributed by atoms with Gasteiger partial charge in [0.1, 0.15) is 5.60 Å². The number of esters is 1. The first-order valence-corrected chi connectivity index (χ1v) is 7.36. The molecule has 1 heterocycles. The summed E-state index contributed by atoms with van der Waals surface area (Å²) < 4.78 is 10.1. The molecule has 0 spiro atoms. The number of hydrogen-bond acceptors (Lipinski definition) is 6. The summed E-state index contributed by atoms with van der Waals surface area (Å²) >= 11 is 0. The van der Waals surface area contributed by atoms with Crippen LogP contribution in [0.25, 0.3) is 0 Å². The minimum atomic E-state index is -0.519. The Hall–Kier alpha value is -2.05. The van der Waals surface area contributed by atoms with Crippen molar-refractivity contribution in [2.75, 3.05) is 26.2 Å². The number of rotatable bonds is 6. The lowest BCUT2D eigenvalue weighted by Gasteiger charge is -2.39. The molecule has 1 aliphatic heterocycles. The van der Waals surface area contributed by atoms with Crippen molar-refractivity contribution in [3.8, 4) is 0 Å². The maximum atomic E-state index is 11.8. The Labute approximate surface area is 131 Å². The van der Waals surface area contributed by atoms with Crippen LogP contribution in [0.4, 0.5) is 4.79 Å². The minimum absolute atomic E-state index is 0.171. The zero-order valence-electron chi connectivity index (χ0n) is 13.6. The summed E-state index contributed by atoms with van der Waals surface area (Å²) in [6.45, 7) is 9.36. The van der Waals surface area contributed by atoms with Gasteiger partial charge < -0.3 is 25.1 Å². The molecule has 1 rings (SSSR count). The first-order valence-electron chi connectivity index (χ1n) is 7.36. The molecule has 2 N–H and O–H groups in total. The van der Waals surface area contributed by atoms with Crippen LogP contribution in [-0.2, 0) is 14.3 Å². The van der Waals surface area contributed by atoms with Gasteiger partial charge in [-0.3, -0.25) is 0 Å². The average Bonchev–Trinajstić information content (AvgIpc) is 2.34. The third kappa shape index (κ3) is 5.75. The normalized spacial score (nSPS) is 15.8. The number of nitrogens with one attached hydrogen (secondary N) is 2. The Morgan fingerprint density at radius 1 is 1.36 bits per heavy atom. The van der Waals surface area contributed by atoms with E-state index in [4.69, 9.17) is 14.9 Å². The summed E-state index contributed by atoms with van der Waals surface area (Å²) in [5, 5.41) is 10.2. The van der Waals surface area contributed by atoms with Crippen LogP contribution in [0.15, 0.2) is 11.8 Å². The fourth-order valence-corrected chi connectivity index (χ4v) is 1.88. The Kier molecular flexibility index (Phi) is 6.39. The number of likely N-dealkylation sites (tertiary alicyclic amines) is 1. The van der Waals surface area contributed by atoms with Crippen LogP contribution in [0, 0.1) is 11.3 Å². The van der Waals surface area contributed by atoms with Gasteiger partial charge in [-0.05, 0) is 27.7 Å². The molecule has 0 aromatic carbocycles. The molecule has 124 valence electrons. The molecule has 1 amide bonds. The van der Waals surface area contributed by atoms with Gasteiger partial charge in [0.15, 0.2) is 0 Å². The molecular weight excluding hydrogens is 286 g/mol. The second-order valence-corrected chi connectivity index (χ2v) is 6.12. The van der Waals surface area contributed by atoms with Gasteiger partial charge in [0.25, 0.3) is 0 Å². The van der Waals surface area contributed by atoms with Gasteiger partial charge >= 0.3 is 12.1 Å². The van der Waals surface area contributed by atoms with Gasteiger partial charge in [0, 0.05) is 38.0 Å². The smallest absolute Gasteiger partial charge is 0.410 e. The average molecular weight is 311 g/mol. The fraction of sp³-hybridized carbons (Fsp3) is 0.667. The van der Waals surface area contributed by atoms with E-state index in [0.29, 0.717) is 25.6 Å². The molecule has 0 aliphatic carbocycles. The summed E-state index contributed by atoms with van der Waals surface area (Å²) in [7, 11) is 0. The molecule has 1 aliphatic rings. The molecule has 0 aromatic rings. The van der Waals surface area contributed by atoms with Gasteiger partial charge in [0.05, 0.1) is 12.2 Å². The molecule has 0 bridgehead atoms. The molecule has 1 fully saturated rings. The summed E-state index contributed by atoms with van der Waals surface area (Å²) in [6.07, 6.45) is 2.13. The van der Waals surface area contributed by atoms with E-state index in [1.807, 2.05) is 20.8 Å². The van der Waals surface area contributed by atoms with E-state index in [9.17, 15) is 9.59 Å². The summed E-state index contributed by atoms with van der Waals surface area (Å²) in [4.78, 5) is 24.9. The van der Waals surface area contributed by atoms with E-state index in [0.717, 1.165) is 6.21 Å². The Balaban J connectivity index is 2.30. The van der Waals surface area contributed by atoms with Crippen molar-refractivity contribution >= 4 is 18.3 Å². The van der Waals surface area contributed by atoms with Crippen molar-refractivity contribution in [2.45, 2.75) is 33.3 Å². The quantitative estimate of drug-likeness (QED) is 0.441. The highest BCUT2D eigenvalue weighted by Crippen LogP contribution is 2.18. The van der Waals surface area contributed by atoms with Crippen molar-refractivity contribution in [3.05, 3.63) is 11.8 Å². The molecule has 0 radical (unpaired) electrons. The zero-order valence-corrected chi connectivity index (χ0v) is 13.6. The van der Waals surface area contributed by atoms with Crippen LogP contribution >= 0.6 is 0 Å². The van der Waals surface area contributed by atoms with Gasteiger partial charge in [0.2, 0.25) is 0 Å². The van der Waals surface area contributed by atoms with Crippen molar-refractivity contribution < 1.29 is 19.1 Å². The fourth-order valence-electron chi connectivity index (χ4n) is 1.88. The van der Waals surface area contributed by atoms with E-state index >= 15 is 0 Å². The van der Waals surface area contributed by atoms with Crippen LogP contribution in [0.1, 0.15) is 27.7 Å². The molecular formula is C15H25N3O4.